The molecule has 0 unspecified atom stereocenters. The third-order valence-electron chi connectivity index (χ3n) is 3.64. The summed E-state index contributed by atoms with van der Waals surface area (Å²) in [5, 5.41) is 17.4. The number of fused-ring (bicyclic) bond motifs is 1. The van der Waals surface area contributed by atoms with Crippen molar-refractivity contribution in [3.63, 3.8) is 0 Å². The number of aromatic nitrogens is 2. The lowest BCUT2D eigenvalue weighted by Crippen LogP contribution is -2.12. The maximum absolute atomic E-state index is 12.1. The molecule has 2 aromatic heterocycles. The highest BCUT2D eigenvalue weighted by atomic mass is 32.1. The van der Waals surface area contributed by atoms with Gasteiger partial charge in [0.15, 0.2) is 5.69 Å². The summed E-state index contributed by atoms with van der Waals surface area (Å²) in [4.78, 5) is 16.6. The number of amides is 1. The molecular formula is C18H13N3O3S. The van der Waals surface area contributed by atoms with Crippen LogP contribution in [0.2, 0.25) is 0 Å². The Morgan fingerprint density at radius 3 is 2.76 bits per heavy atom. The molecule has 1 amide bonds. The number of phenolic OH excluding ortho intramolecular Hbond substituents is 1. The molecule has 7 heteroatoms. The van der Waals surface area contributed by atoms with E-state index in [0.717, 1.165) is 15.2 Å². The maximum atomic E-state index is 12.1. The molecule has 0 atom stereocenters. The minimum atomic E-state index is -0.399. The van der Waals surface area contributed by atoms with E-state index in [9.17, 15) is 9.90 Å². The normalized spacial score (nSPS) is 10.9. The number of para-hydroxylation sites is 1. The van der Waals surface area contributed by atoms with E-state index in [-0.39, 0.29) is 11.4 Å². The van der Waals surface area contributed by atoms with Gasteiger partial charge in [0.2, 0.25) is 0 Å². The first-order chi connectivity index (χ1) is 12.1. The van der Waals surface area contributed by atoms with E-state index < -0.39 is 5.91 Å². The first kappa shape index (κ1) is 15.3. The van der Waals surface area contributed by atoms with Crippen LogP contribution >= 0.6 is 11.3 Å². The number of nitrogens with zero attached hydrogens (tertiary/aromatic N) is 2. The number of rotatable bonds is 3. The molecule has 124 valence electrons. The van der Waals surface area contributed by atoms with Crippen molar-refractivity contribution >= 4 is 33.1 Å². The van der Waals surface area contributed by atoms with Crippen LogP contribution in [-0.2, 0) is 0 Å². The van der Waals surface area contributed by atoms with Gasteiger partial charge in [0.05, 0.1) is 15.8 Å². The number of carbonyl (C=O) groups is 1. The zero-order chi connectivity index (χ0) is 17.4. The summed E-state index contributed by atoms with van der Waals surface area (Å²) in [5.41, 5.74) is 2.16. The molecule has 0 spiro atoms. The molecule has 2 aromatic carbocycles. The maximum Gasteiger partial charge on any atom is 0.277 e. The molecule has 25 heavy (non-hydrogen) atoms. The lowest BCUT2D eigenvalue weighted by Gasteiger charge is -2.06. The molecule has 0 fully saturated rings. The number of aromatic hydroxyl groups is 1. The van der Waals surface area contributed by atoms with Gasteiger partial charge in [0.25, 0.3) is 5.91 Å². The number of hydrogen-bond acceptors (Lipinski definition) is 6. The van der Waals surface area contributed by atoms with Crippen molar-refractivity contribution in [1.29, 1.82) is 0 Å². The van der Waals surface area contributed by atoms with Gasteiger partial charge in [0, 0.05) is 17.8 Å². The van der Waals surface area contributed by atoms with E-state index in [2.05, 4.69) is 15.5 Å². The van der Waals surface area contributed by atoms with Crippen LogP contribution in [0.5, 0.6) is 5.75 Å². The van der Waals surface area contributed by atoms with Crippen molar-refractivity contribution in [2.45, 2.75) is 6.92 Å². The van der Waals surface area contributed by atoms with Crippen LogP contribution in [0, 0.1) is 6.92 Å². The molecule has 0 radical (unpaired) electrons. The van der Waals surface area contributed by atoms with E-state index in [4.69, 9.17) is 4.52 Å². The van der Waals surface area contributed by atoms with Gasteiger partial charge < -0.3 is 14.9 Å². The SMILES string of the molecule is Cc1cc(C(=O)Nc2ccc(-c3nc4ccccc4s3)c(O)c2)no1. The first-order valence-electron chi connectivity index (χ1n) is 7.54. The van der Waals surface area contributed by atoms with Crippen molar-refractivity contribution < 1.29 is 14.4 Å². The number of hydrogen-bond donors (Lipinski definition) is 2. The van der Waals surface area contributed by atoms with Crippen LogP contribution in [0.1, 0.15) is 16.2 Å². The molecule has 4 aromatic rings. The molecule has 4 rings (SSSR count). The molecule has 6 nitrogen and oxygen atoms in total. The van der Waals surface area contributed by atoms with Crippen LogP contribution in [0.25, 0.3) is 20.8 Å². The third-order valence-corrected chi connectivity index (χ3v) is 4.71. The van der Waals surface area contributed by atoms with Gasteiger partial charge >= 0.3 is 0 Å². The van der Waals surface area contributed by atoms with E-state index in [1.807, 2.05) is 24.3 Å². The lowest BCUT2D eigenvalue weighted by atomic mass is 10.2. The fourth-order valence-corrected chi connectivity index (χ4v) is 3.45. The lowest BCUT2D eigenvalue weighted by molar-refractivity contribution is 0.101. The summed E-state index contributed by atoms with van der Waals surface area (Å²) < 4.78 is 5.94. The summed E-state index contributed by atoms with van der Waals surface area (Å²) in [7, 11) is 0. The fraction of sp³-hybridized carbons (Fsp3) is 0.0556. The Balaban J connectivity index is 1.61. The predicted octanol–water partition coefficient (Wildman–Crippen LogP) is 4.22. The number of anilines is 1. The number of thiazole rings is 1. The highest BCUT2D eigenvalue weighted by molar-refractivity contribution is 7.21. The number of carbonyl (C=O) groups excluding carboxylic acids is 1. The second-order valence-electron chi connectivity index (χ2n) is 5.50. The van der Waals surface area contributed by atoms with Gasteiger partial charge in [-0.1, -0.05) is 17.3 Å². The van der Waals surface area contributed by atoms with E-state index in [0.29, 0.717) is 17.0 Å². The smallest absolute Gasteiger partial charge is 0.277 e. The Kier molecular flexibility index (Phi) is 3.70. The number of aryl methyl sites for hydroxylation is 1. The second-order valence-corrected chi connectivity index (χ2v) is 6.53. The topological polar surface area (TPSA) is 88.2 Å². The summed E-state index contributed by atoms with van der Waals surface area (Å²) in [6, 6.07) is 14.3. The quantitative estimate of drug-likeness (QED) is 0.577. The summed E-state index contributed by atoms with van der Waals surface area (Å²) >= 11 is 1.50. The van der Waals surface area contributed by atoms with Crippen LogP contribution in [0.15, 0.2) is 53.1 Å². The highest BCUT2D eigenvalue weighted by Crippen LogP contribution is 2.36. The molecule has 0 bridgehead atoms. The first-order valence-corrected chi connectivity index (χ1v) is 8.35. The Bertz CT molecular complexity index is 1050. The van der Waals surface area contributed by atoms with Gasteiger partial charge in [-0.3, -0.25) is 4.79 Å². The highest BCUT2D eigenvalue weighted by Gasteiger charge is 2.14. The largest absolute Gasteiger partial charge is 0.507 e. The van der Waals surface area contributed by atoms with Crippen molar-refractivity contribution in [3.8, 4) is 16.3 Å². The van der Waals surface area contributed by atoms with Crippen molar-refractivity contribution in [2.75, 3.05) is 5.32 Å². The number of benzene rings is 2. The van der Waals surface area contributed by atoms with Gasteiger partial charge in [-0.15, -0.1) is 11.3 Å². The summed E-state index contributed by atoms with van der Waals surface area (Å²) in [6.45, 7) is 1.71. The van der Waals surface area contributed by atoms with Gasteiger partial charge in [-0.25, -0.2) is 4.98 Å². The number of phenols is 1. The van der Waals surface area contributed by atoms with E-state index >= 15 is 0 Å². The summed E-state index contributed by atoms with van der Waals surface area (Å²) in [6.07, 6.45) is 0. The molecule has 0 saturated carbocycles. The van der Waals surface area contributed by atoms with Crippen LogP contribution in [0.3, 0.4) is 0 Å². The van der Waals surface area contributed by atoms with Crippen LogP contribution < -0.4 is 5.32 Å². The Morgan fingerprint density at radius 2 is 2.04 bits per heavy atom. The van der Waals surface area contributed by atoms with Crippen molar-refractivity contribution in [1.82, 2.24) is 10.1 Å². The molecule has 0 aliphatic rings. The molecule has 2 heterocycles. The Labute approximate surface area is 146 Å². The molecule has 0 saturated heterocycles. The average Bonchev–Trinajstić information content (AvgIpc) is 3.21. The van der Waals surface area contributed by atoms with Crippen molar-refractivity contribution in [3.05, 3.63) is 60.0 Å². The molecule has 2 N–H and O–H groups in total. The standard InChI is InChI=1S/C18H13N3O3S/c1-10-8-14(21-24-10)17(23)19-11-6-7-12(15(22)9-11)18-20-13-4-2-3-5-16(13)25-18/h2-9,22H,1H3,(H,19,23). The molecule has 0 aliphatic carbocycles. The van der Waals surface area contributed by atoms with E-state index in [1.165, 1.54) is 17.4 Å². The van der Waals surface area contributed by atoms with Gasteiger partial charge in [-0.05, 0) is 31.2 Å². The van der Waals surface area contributed by atoms with Gasteiger partial charge in [0.1, 0.15) is 16.5 Å². The fourth-order valence-electron chi connectivity index (χ4n) is 2.45. The minimum Gasteiger partial charge on any atom is -0.507 e. The minimum absolute atomic E-state index is 0.0492. The zero-order valence-electron chi connectivity index (χ0n) is 13.2. The van der Waals surface area contributed by atoms with Crippen molar-refractivity contribution in [2.24, 2.45) is 0 Å². The number of nitrogens with one attached hydrogen (secondary N) is 1. The Morgan fingerprint density at radius 1 is 1.20 bits per heavy atom. The Hall–Kier alpha value is -3.19. The summed E-state index contributed by atoms with van der Waals surface area (Å²) in [5.74, 6) is 0.205. The predicted molar refractivity (Wildman–Crippen MR) is 95.9 cm³/mol. The third kappa shape index (κ3) is 2.97. The monoisotopic (exact) mass is 351 g/mol. The second kappa shape index (κ2) is 6.03. The molecular weight excluding hydrogens is 338 g/mol. The zero-order valence-corrected chi connectivity index (χ0v) is 14.0. The molecule has 0 aliphatic heterocycles. The van der Waals surface area contributed by atoms with Crippen LogP contribution in [-0.4, -0.2) is 21.2 Å². The van der Waals surface area contributed by atoms with Crippen LogP contribution in [0.4, 0.5) is 5.69 Å². The van der Waals surface area contributed by atoms with Gasteiger partial charge in [-0.2, -0.15) is 0 Å². The average molecular weight is 351 g/mol. The van der Waals surface area contributed by atoms with E-state index in [1.54, 1.807) is 25.1 Å².